The zero-order chi connectivity index (χ0) is 14.3. The summed E-state index contributed by atoms with van der Waals surface area (Å²) in [5.74, 6) is -1.29. The van der Waals surface area contributed by atoms with E-state index in [4.69, 9.17) is 10.2 Å². The van der Waals surface area contributed by atoms with E-state index in [-0.39, 0.29) is 13.0 Å². The summed E-state index contributed by atoms with van der Waals surface area (Å²) < 4.78 is 0. The van der Waals surface area contributed by atoms with Crippen LogP contribution in [0.2, 0.25) is 0 Å². The molecule has 6 heteroatoms. The number of aliphatic carboxylic acids is 1. The van der Waals surface area contributed by atoms with Gasteiger partial charge in [0, 0.05) is 18.7 Å². The number of urea groups is 1. The van der Waals surface area contributed by atoms with Crippen LogP contribution in [0, 0.1) is 0 Å². The summed E-state index contributed by atoms with van der Waals surface area (Å²) in [6, 6.07) is 7.02. The van der Waals surface area contributed by atoms with Crippen molar-refractivity contribution >= 4 is 17.7 Å². The third-order valence-electron chi connectivity index (χ3n) is 2.58. The van der Waals surface area contributed by atoms with Gasteiger partial charge in [-0.2, -0.15) is 0 Å². The normalized spacial score (nSPS) is 11.7. The van der Waals surface area contributed by atoms with Crippen molar-refractivity contribution in [2.24, 2.45) is 0 Å². The first kappa shape index (κ1) is 15.0. The lowest BCUT2D eigenvalue weighted by Crippen LogP contribution is -2.33. The minimum Gasteiger partial charge on any atom is -0.479 e. The van der Waals surface area contributed by atoms with Crippen molar-refractivity contribution in [1.29, 1.82) is 0 Å². The topological polar surface area (TPSA) is 98.7 Å². The van der Waals surface area contributed by atoms with Gasteiger partial charge in [-0.25, -0.2) is 9.59 Å². The van der Waals surface area contributed by atoms with Gasteiger partial charge in [-0.3, -0.25) is 0 Å². The molecule has 0 aliphatic carbocycles. The number of carbonyl (C=O) groups is 2. The summed E-state index contributed by atoms with van der Waals surface area (Å²) in [7, 11) is 0. The first-order chi connectivity index (χ1) is 9.02. The first-order valence-electron chi connectivity index (χ1n) is 6.07. The number of amides is 2. The summed E-state index contributed by atoms with van der Waals surface area (Å²) in [5.41, 5.74) is 1.79. The van der Waals surface area contributed by atoms with Crippen molar-refractivity contribution in [2.75, 3.05) is 11.9 Å². The molecular weight excluding hydrogens is 248 g/mol. The van der Waals surface area contributed by atoms with Crippen molar-refractivity contribution in [3.63, 3.8) is 0 Å². The molecule has 0 spiro atoms. The maximum atomic E-state index is 11.5. The molecule has 4 N–H and O–H groups in total. The summed E-state index contributed by atoms with van der Waals surface area (Å²) >= 11 is 0. The molecule has 0 heterocycles. The SMILES string of the molecule is CCc1cccc(NC(=O)NCC[C@H](O)C(=O)O)c1. The van der Waals surface area contributed by atoms with Crippen LogP contribution in [-0.2, 0) is 11.2 Å². The minimum absolute atomic E-state index is 0.0300. The zero-order valence-electron chi connectivity index (χ0n) is 10.7. The number of aliphatic hydroxyl groups excluding tert-OH is 1. The number of nitrogens with one attached hydrogen (secondary N) is 2. The molecule has 1 aromatic rings. The van der Waals surface area contributed by atoms with Gasteiger partial charge in [0.25, 0.3) is 0 Å². The Kier molecular flexibility index (Phi) is 5.81. The largest absolute Gasteiger partial charge is 0.479 e. The number of aryl methyl sites for hydroxylation is 1. The Labute approximate surface area is 111 Å². The second-order valence-corrected chi connectivity index (χ2v) is 4.08. The van der Waals surface area contributed by atoms with Crippen molar-refractivity contribution < 1.29 is 19.8 Å². The lowest BCUT2D eigenvalue weighted by molar-refractivity contribution is -0.146. The molecule has 0 aliphatic rings. The van der Waals surface area contributed by atoms with Gasteiger partial charge in [-0.05, 0) is 24.1 Å². The summed E-state index contributed by atoms with van der Waals surface area (Å²) in [6.07, 6.45) is -0.608. The molecule has 104 valence electrons. The number of anilines is 1. The Morgan fingerprint density at radius 3 is 2.74 bits per heavy atom. The minimum atomic E-state index is -1.45. The molecule has 0 aromatic heterocycles. The Balaban J connectivity index is 2.36. The van der Waals surface area contributed by atoms with Crippen molar-refractivity contribution in [1.82, 2.24) is 5.32 Å². The number of rotatable bonds is 6. The Morgan fingerprint density at radius 1 is 1.37 bits per heavy atom. The number of hydrogen-bond acceptors (Lipinski definition) is 3. The van der Waals surface area contributed by atoms with Gasteiger partial charge in [0.15, 0.2) is 6.10 Å². The number of carboxylic acid groups (broad SMARTS) is 1. The average molecular weight is 266 g/mol. The van der Waals surface area contributed by atoms with E-state index in [2.05, 4.69) is 10.6 Å². The van der Waals surface area contributed by atoms with E-state index in [0.29, 0.717) is 5.69 Å². The molecule has 0 bridgehead atoms. The van der Waals surface area contributed by atoms with Crippen LogP contribution in [0.5, 0.6) is 0 Å². The Bertz CT molecular complexity index is 448. The van der Waals surface area contributed by atoms with E-state index in [1.165, 1.54) is 0 Å². The zero-order valence-corrected chi connectivity index (χ0v) is 10.7. The fourth-order valence-corrected chi connectivity index (χ4v) is 1.49. The summed E-state index contributed by atoms with van der Waals surface area (Å²) in [5, 5.41) is 22.6. The van der Waals surface area contributed by atoms with Gasteiger partial charge in [0.05, 0.1) is 0 Å². The van der Waals surface area contributed by atoms with Crippen molar-refractivity contribution in [3.05, 3.63) is 29.8 Å². The Hall–Kier alpha value is -2.08. The number of benzene rings is 1. The highest BCUT2D eigenvalue weighted by Gasteiger charge is 2.12. The molecular formula is C13H18N2O4. The molecule has 0 fully saturated rings. The molecule has 19 heavy (non-hydrogen) atoms. The average Bonchev–Trinajstić information content (AvgIpc) is 2.38. The van der Waals surface area contributed by atoms with Crippen LogP contribution in [0.1, 0.15) is 18.9 Å². The maximum Gasteiger partial charge on any atom is 0.332 e. The third kappa shape index (κ3) is 5.39. The van der Waals surface area contributed by atoms with E-state index in [0.717, 1.165) is 12.0 Å². The molecule has 1 rings (SSSR count). The van der Waals surface area contributed by atoms with Gasteiger partial charge < -0.3 is 20.8 Å². The lowest BCUT2D eigenvalue weighted by atomic mass is 10.1. The van der Waals surface area contributed by atoms with Crippen molar-refractivity contribution in [2.45, 2.75) is 25.9 Å². The lowest BCUT2D eigenvalue weighted by Gasteiger charge is -2.09. The van der Waals surface area contributed by atoms with E-state index in [1.54, 1.807) is 6.07 Å². The molecule has 1 atom stereocenters. The van der Waals surface area contributed by atoms with E-state index in [9.17, 15) is 9.59 Å². The van der Waals surface area contributed by atoms with E-state index < -0.39 is 18.1 Å². The van der Waals surface area contributed by atoms with Crippen LogP contribution in [0.25, 0.3) is 0 Å². The molecule has 6 nitrogen and oxygen atoms in total. The predicted octanol–water partition coefficient (Wildman–Crippen LogP) is 1.21. The first-order valence-corrected chi connectivity index (χ1v) is 6.07. The predicted molar refractivity (Wildman–Crippen MR) is 71.1 cm³/mol. The van der Waals surface area contributed by atoms with Crippen LogP contribution in [0.4, 0.5) is 10.5 Å². The highest BCUT2D eigenvalue weighted by atomic mass is 16.4. The third-order valence-corrected chi connectivity index (χ3v) is 2.58. The second kappa shape index (κ2) is 7.38. The Morgan fingerprint density at radius 2 is 2.11 bits per heavy atom. The van der Waals surface area contributed by atoms with Crippen LogP contribution in [0.3, 0.4) is 0 Å². The van der Waals surface area contributed by atoms with Crippen LogP contribution >= 0.6 is 0 Å². The molecule has 2 amide bonds. The summed E-state index contributed by atoms with van der Waals surface area (Å²) in [4.78, 5) is 21.9. The molecule has 0 aliphatic heterocycles. The summed E-state index contributed by atoms with van der Waals surface area (Å²) in [6.45, 7) is 2.11. The molecule has 0 saturated heterocycles. The van der Waals surface area contributed by atoms with Gasteiger partial charge in [-0.1, -0.05) is 19.1 Å². The standard InChI is InChI=1S/C13H18N2O4/c1-2-9-4-3-5-10(8-9)15-13(19)14-7-6-11(16)12(17)18/h3-5,8,11,16H,2,6-7H2,1H3,(H,17,18)(H2,14,15,19)/t11-/m0/s1. The molecule has 0 unspecified atom stereocenters. The molecule has 1 aromatic carbocycles. The molecule has 0 radical (unpaired) electrons. The second-order valence-electron chi connectivity index (χ2n) is 4.08. The number of aliphatic hydroxyl groups is 1. The number of hydrogen-bond donors (Lipinski definition) is 4. The van der Waals surface area contributed by atoms with E-state index in [1.807, 2.05) is 25.1 Å². The fraction of sp³-hybridized carbons (Fsp3) is 0.385. The quantitative estimate of drug-likeness (QED) is 0.622. The van der Waals surface area contributed by atoms with Crippen LogP contribution in [-0.4, -0.2) is 34.9 Å². The van der Waals surface area contributed by atoms with Gasteiger partial charge >= 0.3 is 12.0 Å². The highest BCUT2D eigenvalue weighted by molar-refractivity contribution is 5.89. The van der Waals surface area contributed by atoms with Gasteiger partial charge in [-0.15, -0.1) is 0 Å². The van der Waals surface area contributed by atoms with Crippen LogP contribution in [0.15, 0.2) is 24.3 Å². The van der Waals surface area contributed by atoms with Gasteiger partial charge in [0.2, 0.25) is 0 Å². The van der Waals surface area contributed by atoms with E-state index >= 15 is 0 Å². The molecule has 0 saturated carbocycles. The fourth-order valence-electron chi connectivity index (χ4n) is 1.49. The number of carbonyl (C=O) groups excluding carboxylic acids is 1. The monoisotopic (exact) mass is 266 g/mol. The van der Waals surface area contributed by atoms with Crippen molar-refractivity contribution in [3.8, 4) is 0 Å². The highest BCUT2D eigenvalue weighted by Crippen LogP contribution is 2.10. The number of carboxylic acids is 1. The van der Waals surface area contributed by atoms with Crippen LogP contribution < -0.4 is 10.6 Å². The smallest absolute Gasteiger partial charge is 0.332 e. The maximum absolute atomic E-state index is 11.5. The van der Waals surface area contributed by atoms with Gasteiger partial charge in [0.1, 0.15) is 0 Å².